The zero-order valence-corrected chi connectivity index (χ0v) is 13.7. The number of methoxy groups -OCH3 is 1. The van der Waals surface area contributed by atoms with E-state index in [-0.39, 0.29) is 0 Å². The molecule has 2 aromatic rings. The standard InChI is InChI=1S/C15H18BrN3O/c1-8(2)13-9(3)18-15(19-14(13)17)11-7-10(16)5-6-12(11)20-4/h5-8H,1-4H3,(H2,17,18,19). The molecule has 0 amide bonds. The summed E-state index contributed by atoms with van der Waals surface area (Å²) in [4.78, 5) is 9.02. The van der Waals surface area contributed by atoms with Gasteiger partial charge in [0.05, 0.1) is 12.7 Å². The lowest BCUT2D eigenvalue weighted by atomic mass is 10.0. The summed E-state index contributed by atoms with van der Waals surface area (Å²) in [7, 11) is 1.63. The van der Waals surface area contributed by atoms with Crippen LogP contribution in [0.15, 0.2) is 22.7 Å². The highest BCUT2D eigenvalue weighted by Gasteiger charge is 2.16. The summed E-state index contributed by atoms with van der Waals surface area (Å²) in [5, 5.41) is 0. The number of benzene rings is 1. The average Bonchev–Trinajstić information content (AvgIpc) is 2.37. The van der Waals surface area contributed by atoms with E-state index in [4.69, 9.17) is 10.5 Å². The zero-order chi connectivity index (χ0) is 14.9. The summed E-state index contributed by atoms with van der Waals surface area (Å²) in [5.74, 6) is 2.14. The van der Waals surface area contributed by atoms with E-state index in [9.17, 15) is 0 Å². The molecule has 0 radical (unpaired) electrons. The van der Waals surface area contributed by atoms with E-state index in [0.29, 0.717) is 17.6 Å². The fraction of sp³-hybridized carbons (Fsp3) is 0.333. The van der Waals surface area contributed by atoms with Gasteiger partial charge in [0.2, 0.25) is 0 Å². The molecule has 1 aromatic heterocycles. The van der Waals surface area contributed by atoms with Crippen molar-refractivity contribution in [3.05, 3.63) is 33.9 Å². The predicted octanol–water partition coefficient (Wildman–Crippen LogP) is 3.93. The lowest BCUT2D eigenvalue weighted by Gasteiger charge is -2.14. The molecule has 0 atom stereocenters. The molecular weight excluding hydrogens is 318 g/mol. The first kappa shape index (κ1) is 14.8. The second-order valence-corrected chi connectivity index (χ2v) is 5.85. The van der Waals surface area contributed by atoms with Crippen molar-refractivity contribution in [1.82, 2.24) is 9.97 Å². The molecule has 2 rings (SSSR count). The third kappa shape index (κ3) is 2.77. The number of hydrogen-bond acceptors (Lipinski definition) is 4. The van der Waals surface area contributed by atoms with Gasteiger partial charge in [-0.05, 0) is 31.0 Å². The van der Waals surface area contributed by atoms with Crippen LogP contribution in [-0.2, 0) is 0 Å². The Morgan fingerprint density at radius 2 is 1.95 bits per heavy atom. The van der Waals surface area contributed by atoms with Gasteiger partial charge in [-0.2, -0.15) is 0 Å². The Morgan fingerprint density at radius 3 is 2.50 bits per heavy atom. The number of nitrogen functional groups attached to an aromatic ring is 1. The number of aromatic nitrogens is 2. The number of rotatable bonds is 3. The van der Waals surface area contributed by atoms with Gasteiger partial charge in [-0.1, -0.05) is 29.8 Å². The van der Waals surface area contributed by atoms with E-state index in [2.05, 4.69) is 39.7 Å². The molecule has 0 fully saturated rings. The molecule has 1 heterocycles. The molecule has 20 heavy (non-hydrogen) atoms. The maximum Gasteiger partial charge on any atom is 0.165 e. The monoisotopic (exact) mass is 335 g/mol. The minimum Gasteiger partial charge on any atom is -0.496 e. The first-order chi connectivity index (χ1) is 9.43. The summed E-state index contributed by atoms with van der Waals surface area (Å²) in [6, 6.07) is 5.73. The van der Waals surface area contributed by atoms with Crippen molar-refractivity contribution in [2.24, 2.45) is 0 Å². The molecule has 1 aromatic carbocycles. The Hall–Kier alpha value is -1.62. The van der Waals surface area contributed by atoms with E-state index in [1.165, 1.54) is 0 Å². The molecule has 0 aliphatic carbocycles. The zero-order valence-electron chi connectivity index (χ0n) is 12.1. The van der Waals surface area contributed by atoms with Gasteiger partial charge in [-0.3, -0.25) is 0 Å². The summed E-state index contributed by atoms with van der Waals surface area (Å²) >= 11 is 3.46. The highest BCUT2D eigenvalue weighted by molar-refractivity contribution is 9.10. The topological polar surface area (TPSA) is 61.0 Å². The van der Waals surface area contributed by atoms with Crippen LogP contribution in [0.2, 0.25) is 0 Å². The van der Waals surface area contributed by atoms with Crippen molar-refractivity contribution >= 4 is 21.7 Å². The van der Waals surface area contributed by atoms with Crippen LogP contribution in [0, 0.1) is 6.92 Å². The van der Waals surface area contributed by atoms with Gasteiger partial charge in [0.25, 0.3) is 0 Å². The van der Waals surface area contributed by atoms with Gasteiger partial charge in [0.1, 0.15) is 11.6 Å². The lowest BCUT2D eigenvalue weighted by Crippen LogP contribution is -2.07. The number of halogens is 1. The maximum absolute atomic E-state index is 6.09. The summed E-state index contributed by atoms with van der Waals surface area (Å²) < 4.78 is 6.32. The van der Waals surface area contributed by atoms with E-state index in [1.807, 2.05) is 25.1 Å². The average molecular weight is 336 g/mol. The van der Waals surface area contributed by atoms with Gasteiger partial charge in [0, 0.05) is 15.7 Å². The molecule has 0 saturated heterocycles. The fourth-order valence-electron chi connectivity index (χ4n) is 2.29. The fourth-order valence-corrected chi connectivity index (χ4v) is 2.65. The van der Waals surface area contributed by atoms with Crippen LogP contribution in [0.5, 0.6) is 5.75 Å². The Labute approximate surface area is 127 Å². The molecular formula is C15H18BrN3O. The van der Waals surface area contributed by atoms with Gasteiger partial charge in [-0.25, -0.2) is 9.97 Å². The van der Waals surface area contributed by atoms with Gasteiger partial charge in [0.15, 0.2) is 5.82 Å². The quantitative estimate of drug-likeness (QED) is 0.923. The van der Waals surface area contributed by atoms with Crippen LogP contribution in [0.4, 0.5) is 5.82 Å². The van der Waals surface area contributed by atoms with Gasteiger partial charge in [-0.15, -0.1) is 0 Å². The summed E-state index contributed by atoms with van der Waals surface area (Å²) in [6.45, 7) is 6.13. The maximum atomic E-state index is 6.09. The number of aryl methyl sites for hydroxylation is 1. The Kier molecular flexibility index (Phi) is 4.28. The van der Waals surface area contributed by atoms with Gasteiger partial charge < -0.3 is 10.5 Å². The first-order valence-corrected chi connectivity index (χ1v) is 7.21. The van der Waals surface area contributed by atoms with Crippen molar-refractivity contribution in [3.63, 3.8) is 0 Å². The van der Waals surface area contributed by atoms with E-state index in [1.54, 1.807) is 7.11 Å². The SMILES string of the molecule is COc1ccc(Br)cc1-c1nc(C)c(C(C)C)c(N)n1. The Balaban J connectivity index is 2.62. The largest absolute Gasteiger partial charge is 0.496 e. The third-order valence-electron chi connectivity index (χ3n) is 3.15. The molecule has 0 unspecified atom stereocenters. The molecule has 5 heteroatoms. The minimum absolute atomic E-state index is 0.299. The molecule has 4 nitrogen and oxygen atoms in total. The third-order valence-corrected chi connectivity index (χ3v) is 3.64. The number of nitrogens with zero attached hydrogens (tertiary/aromatic N) is 2. The number of hydrogen-bond donors (Lipinski definition) is 1. The minimum atomic E-state index is 0.299. The van der Waals surface area contributed by atoms with Crippen LogP contribution in [-0.4, -0.2) is 17.1 Å². The van der Waals surface area contributed by atoms with Crippen LogP contribution in [0.25, 0.3) is 11.4 Å². The van der Waals surface area contributed by atoms with Gasteiger partial charge >= 0.3 is 0 Å². The molecule has 0 bridgehead atoms. The highest BCUT2D eigenvalue weighted by atomic mass is 79.9. The van der Waals surface area contributed by atoms with Crippen molar-refractivity contribution < 1.29 is 4.74 Å². The van der Waals surface area contributed by atoms with E-state index < -0.39 is 0 Å². The smallest absolute Gasteiger partial charge is 0.165 e. The second-order valence-electron chi connectivity index (χ2n) is 4.93. The summed E-state index contributed by atoms with van der Waals surface area (Å²) in [5.41, 5.74) is 8.82. The van der Waals surface area contributed by atoms with E-state index in [0.717, 1.165) is 27.0 Å². The molecule has 106 valence electrons. The van der Waals surface area contributed by atoms with Crippen molar-refractivity contribution in [2.45, 2.75) is 26.7 Å². The Morgan fingerprint density at radius 1 is 1.25 bits per heavy atom. The van der Waals surface area contributed by atoms with Crippen molar-refractivity contribution in [2.75, 3.05) is 12.8 Å². The molecule has 0 spiro atoms. The van der Waals surface area contributed by atoms with E-state index >= 15 is 0 Å². The lowest BCUT2D eigenvalue weighted by molar-refractivity contribution is 0.416. The Bertz CT molecular complexity index is 618. The molecule has 2 N–H and O–H groups in total. The molecule has 0 aliphatic heterocycles. The second kappa shape index (κ2) is 5.79. The first-order valence-electron chi connectivity index (χ1n) is 6.42. The molecule has 0 aliphatic rings. The van der Waals surface area contributed by atoms with Crippen LogP contribution in [0.3, 0.4) is 0 Å². The van der Waals surface area contributed by atoms with Crippen LogP contribution < -0.4 is 10.5 Å². The number of ether oxygens (including phenoxy) is 1. The predicted molar refractivity (Wildman–Crippen MR) is 85.0 cm³/mol. The van der Waals surface area contributed by atoms with Crippen LogP contribution >= 0.6 is 15.9 Å². The number of anilines is 1. The number of nitrogens with two attached hydrogens (primary N) is 1. The van der Waals surface area contributed by atoms with Crippen molar-refractivity contribution in [3.8, 4) is 17.1 Å². The normalized spacial score (nSPS) is 10.9. The van der Waals surface area contributed by atoms with Crippen molar-refractivity contribution in [1.29, 1.82) is 0 Å². The summed E-state index contributed by atoms with van der Waals surface area (Å²) in [6.07, 6.45) is 0. The molecule has 0 saturated carbocycles. The highest BCUT2D eigenvalue weighted by Crippen LogP contribution is 2.33. The van der Waals surface area contributed by atoms with Crippen LogP contribution in [0.1, 0.15) is 31.0 Å².